The lowest BCUT2D eigenvalue weighted by atomic mass is 9.93. The molecule has 0 bridgehead atoms. The Balaban J connectivity index is 1.99. The van der Waals surface area contributed by atoms with Gasteiger partial charge >= 0.3 is 0 Å². The van der Waals surface area contributed by atoms with E-state index in [-0.39, 0.29) is 0 Å². The zero-order chi connectivity index (χ0) is 14.3. The van der Waals surface area contributed by atoms with Crippen LogP contribution in [0.25, 0.3) is 10.2 Å². The fourth-order valence-electron chi connectivity index (χ4n) is 2.92. The molecular weight excluding hydrogens is 270 g/mol. The van der Waals surface area contributed by atoms with Crippen molar-refractivity contribution in [2.24, 2.45) is 0 Å². The third kappa shape index (κ3) is 2.20. The van der Waals surface area contributed by atoms with E-state index < -0.39 is 0 Å². The maximum atomic E-state index is 11.4. The molecule has 1 saturated carbocycles. The van der Waals surface area contributed by atoms with Crippen molar-refractivity contribution in [2.75, 3.05) is 11.9 Å². The van der Waals surface area contributed by atoms with Crippen LogP contribution >= 0.6 is 11.3 Å². The van der Waals surface area contributed by atoms with Gasteiger partial charge in [0, 0.05) is 30.8 Å². The predicted molar refractivity (Wildman–Crippen MR) is 82.6 cm³/mol. The van der Waals surface area contributed by atoms with Gasteiger partial charge in [-0.15, -0.1) is 11.3 Å². The number of aryl methyl sites for hydroxylation is 2. The molecule has 0 radical (unpaired) electrons. The molecule has 5 heteroatoms. The van der Waals surface area contributed by atoms with Gasteiger partial charge in [-0.3, -0.25) is 4.79 Å². The Morgan fingerprint density at radius 1 is 1.25 bits per heavy atom. The van der Waals surface area contributed by atoms with Crippen molar-refractivity contribution in [3.8, 4) is 0 Å². The Bertz CT molecular complexity index is 654. The molecule has 106 valence electrons. The number of hydrogen-bond donors (Lipinski definition) is 0. The van der Waals surface area contributed by atoms with E-state index in [2.05, 4.69) is 35.8 Å². The van der Waals surface area contributed by atoms with Crippen molar-refractivity contribution in [2.45, 2.75) is 45.6 Å². The quantitative estimate of drug-likeness (QED) is 0.851. The Kier molecular flexibility index (Phi) is 3.46. The molecule has 0 unspecified atom stereocenters. The van der Waals surface area contributed by atoms with Crippen LogP contribution in [0.2, 0.25) is 0 Å². The molecule has 0 aromatic carbocycles. The lowest BCUT2D eigenvalue weighted by Gasteiger charge is -2.32. The lowest BCUT2D eigenvalue weighted by molar-refractivity contribution is -0.120. The summed E-state index contributed by atoms with van der Waals surface area (Å²) in [7, 11) is 2.09. The molecule has 2 aromatic rings. The van der Waals surface area contributed by atoms with Crippen molar-refractivity contribution in [1.82, 2.24) is 9.97 Å². The van der Waals surface area contributed by atoms with Crippen LogP contribution in [0.15, 0.2) is 6.33 Å². The average Bonchev–Trinajstić information content (AvgIpc) is 2.74. The van der Waals surface area contributed by atoms with Crippen LogP contribution in [0.5, 0.6) is 0 Å². The van der Waals surface area contributed by atoms with Crippen molar-refractivity contribution in [1.29, 1.82) is 0 Å². The Morgan fingerprint density at radius 3 is 2.65 bits per heavy atom. The molecule has 1 aliphatic carbocycles. The first kappa shape index (κ1) is 13.5. The van der Waals surface area contributed by atoms with E-state index in [0.717, 1.165) is 23.5 Å². The van der Waals surface area contributed by atoms with Gasteiger partial charge in [0.25, 0.3) is 0 Å². The van der Waals surface area contributed by atoms with E-state index in [4.69, 9.17) is 0 Å². The molecular formula is C15H19N3OS. The summed E-state index contributed by atoms with van der Waals surface area (Å²) >= 11 is 1.73. The topological polar surface area (TPSA) is 46.1 Å². The Hall–Kier alpha value is -1.49. The molecule has 0 saturated heterocycles. The zero-order valence-electron chi connectivity index (χ0n) is 12.1. The van der Waals surface area contributed by atoms with Crippen LogP contribution < -0.4 is 4.90 Å². The number of hydrogen-bond acceptors (Lipinski definition) is 5. The van der Waals surface area contributed by atoms with Gasteiger partial charge in [-0.2, -0.15) is 0 Å². The van der Waals surface area contributed by atoms with Gasteiger partial charge in [-0.1, -0.05) is 0 Å². The maximum absolute atomic E-state index is 11.4. The van der Waals surface area contributed by atoms with Crippen molar-refractivity contribution >= 4 is 33.2 Å². The lowest BCUT2D eigenvalue weighted by Crippen LogP contribution is -2.36. The van der Waals surface area contributed by atoms with Gasteiger partial charge in [0.05, 0.1) is 5.39 Å². The minimum atomic E-state index is 0.394. The number of ketones is 1. The van der Waals surface area contributed by atoms with Crippen LogP contribution in [0.1, 0.15) is 36.1 Å². The van der Waals surface area contributed by atoms with Crippen molar-refractivity contribution in [3.05, 3.63) is 16.8 Å². The highest BCUT2D eigenvalue weighted by Crippen LogP contribution is 2.35. The van der Waals surface area contributed by atoms with Gasteiger partial charge in [0.1, 0.15) is 22.8 Å². The van der Waals surface area contributed by atoms with Gasteiger partial charge in [0.2, 0.25) is 0 Å². The summed E-state index contributed by atoms with van der Waals surface area (Å²) in [5, 5.41) is 1.18. The molecule has 20 heavy (non-hydrogen) atoms. The van der Waals surface area contributed by atoms with Gasteiger partial charge < -0.3 is 4.90 Å². The standard InChI is InChI=1S/C15H19N3OS/c1-9-10(2)20-15-13(9)14(16-8-17-15)18(3)11-4-6-12(19)7-5-11/h8,11H,4-7H2,1-3H3. The number of thiophene rings is 1. The van der Waals surface area contributed by atoms with Crippen LogP contribution in [0.3, 0.4) is 0 Å². The monoisotopic (exact) mass is 289 g/mol. The number of fused-ring (bicyclic) bond motifs is 1. The van der Waals surface area contributed by atoms with Gasteiger partial charge in [-0.05, 0) is 32.3 Å². The smallest absolute Gasteiger partial charge is 0.141 e. The Morgan fingerprint density at radius 2 is 1.95 bits per heavy atom. The highest BCUT2D eigenvalue weighted by atomic mass is 32.1. The SMILES string of the molecule is Cc1sc2ncnc(N(C)C3CCC(=O)CC3)c2c1C. The van der Waals surface area contributed by atoms with E-state index in [1.807, 2.05) is 0 Å². The number of Topliss-reactive ketones (excluding diaryl/α,β-unsaturated/α-hetero) is 1. The van der Waals surface area contributed by atoms with Gasteiger partial charge in [0.15, 0.2) is 0 Å². The van der Waals surface area contributed by atoms with Crippen LogP contribution in [0.4, 0.5) is 5.82 Å². The number of aromatic nitrogens is 2. The first-order valence-corrected chi connectivity index (χ1v) is 7.85. The second kappa shape index (κ2) is 5.13. The summed E-state index contributed by atoms with van der Waals surface area (Å²) in [6.07, 6.45) is 4.92. The fraction of sp³-hybridized carbons (Fsp3) is 0.533. The van der Waals surface area contributed by atoms with Crippen LogP contribution in [-0.2, 0) is 4.79 Å². The maximum Gasteiger partial charge on any atom is 0.141 e. The molecule has 3 rings (SSSR count). The third-order valence-corrected chi connectivity index (χ3v) is 5.46. The molecule has 0 amide bonds. The number of rotatable bonds is 2. The molecule has 4 nitrogen and oxygen atoms in total. The second-order valence-electron chi connectivity index (χ2n) is 5.54. The first-order valence-electron chi connectivity index (χ1n) is 7.03. The molecule has 0 atom stereocenters. The van der Waals surface area contributed by atoms with Gasteiger partial charge in [-0.25, -0.2) is 9.97 Å². The van der Waals surface area contributed by atoms with E-state index in [1.165, 1.54) is 15.8 Å². The summed E-state index contributed by atoms with van der Waals surface area (Å²) < 4.78 is 0. The zero-order valence-corrected chi connectivity index (χ0v) is 13.0. The molecule has 2 aromatic heterocycles. The Labute approximate surface area is 122 Å². The van der Waals surface area contributed by atoms with Crippen molar-refractivity contribution in [3.63, 3.8) is 0 Å². The van der Waals surface area contributed by atoms with E-state index >= 15 is 0 Å². The highest BCUT2D eigenvalue weighted by molar-refractivity contribution is 7.18. The molecule has 0 spiro atoms. The average molecular weight is 289 g/mol. The summed E-state index contributed by atoms with van der Waals surface area (Å²) in [5.74, 6) is 1.40. The minimum Gasteiger partial charge on any atom is -0.356 e. The number of carbonyl (C=O) groups excluding carboxylic acids is 1. The highest BCUT2D eigenvalue weighted by Gasteiger charge is 2.25. The molecule has 1 fully saturated rings. The first-order chi connectivity index (χ1) is 9.58. The summed E-state index contributed by atoms with van der Waals surface area (Å²) in [4.78, 5) is 24.9. The summed E-state index contributed by atoms with van der Waals surface area (Å²) in [6.45, 7) is 4.27. The largest absolute Gasteiger partial charge is 0.356 e. The number of carbonyl (C=O) groups is 1. The fourth-order valence-corrected chi connectivity index (χ4v) is 3.91. The number of anilines is 1. The van der Waals surface area contributed by atoms with E-state index in [9.17, 15) is 4.79 Å². The van der Waals surface area contributed by atoms with Crippen LogP contribution in [0, 0.1) is 13.8 Å². The third-order valence-electron chi connectivity index (χ3n) is 4.34. The van der Waals surface area contributed by atoms with E-state index in [1.54, 1.807) is 17.7 Å². The summed E-state index contributed by atoms with van der Waals surface area (Å²) in [6, 6.07) is 0.408. The molecule has 2 heterocycles. The molecule has 0 aliphatic heterocycles. The molecule has 1 aliphatic rings. The molecule has 0 N–H and O–H groups in total. The second-order valence-corrected chi connectivity index (χ2v) is 6.74. The van der Waals surface area contributed by atoms with Crippen molar-refractivity contribution < 1.29 is 4.79 Å². The number of nitrogens with zero attached hydrogens (tertiary/aromatic N) is 3. The minimum absolute atomic E-state index is 0.394. The van der Waals surface area contributed by atoms with E-state index in [0.29, 0.717) is 24.7 Å². The predicted octanol–water partition coefficient (Wildman–Crippen LogP) is 3.26. The normalized spacial score (nSPS) is 16.9. The van der Waals surface area contributed by atoms with Crippen LogP contribution in [-0.4, -0.2) is 28.8 Å². The summed E-state index contributed by atoms with van der Waals surface area (Å²) in [5.41, 5.74) is 1.28.